The van der Waals surface area contributed by atoms with Crippen molar-refractivity contribution in [1.29, 1.82) is 0 Å². The SMILES string of the molecule is CCCCCCCCCCCCCCCCCCCCCCCCCCCC/C=C/CC/C=C/C(O)C(COP(=O)([O-])OCC[N+](C)(C)C)NC(=O)CCCCCCCCCCCCCCCCCCCCCCCC. The van der Waals surface area contributed by atoms with Crippen molar-refractivity contribution in [3.05, 3.63) is 24.3 Å². The number of hydrogen-bond donors (Lipinski definition) is 2. The second-order valence-electron chi connectivity index (χ2n) is 24.5. The Bertz CT molecular complexity index is 1290. The number of likely N-dealkylation sites (N-methyl/N-ethyl adjacent to an activating group) is 1. The molecule has 0 aromatic rings. The number of aliphatic hydroxyl groups excluding tert-OH is 1. The molecule has 0 rings (SSSR count). The summed E-state index contributed by atoms with van der Waals surface area (Å²) in [5.41, 5.74) is 0. The summed E-state index contributed by atoms with van der Waals surface area (Å²) in [5.74, 6) is -0.199. The number of carbonyl (C=O) groups excluding carboxylic acids is 1. The normalized spacial score (nSPS) is 13.8. The van der Waals surface area contributed by atoms with E-state index in [0.717, 1.165) is 38.5 Å². The van der Waals surface area contributed by atoms with Gasteiger partial charge >= 0.3 is 0 Å². The minimum absolute atomic E-state index is 0.00349. The number of quaternary nitrogens is 1. The molecule has 0 saturated carbocycles. The second kappa shape index (κ2) is 58.6. The van der Waals surface area contributed by atoms with Gasteiger partial charge in [0, 0.05) is 6.42 Å². The molecule has 76 heavy (non-hydrogen) atoms. The number of phosphoric acid groups is 1. The average molecular weight is 1090 g/mol. The highest BCUT2D eigenvalue weighted by Gasteiger charge is 2.23. The Balaban J connectivity index is 4.08. The lowest BCUT2D eigenvalue weighted by Gasteiger charge is -2.29. The lowest BCUT2D eigenvalue weighted by molar-refractivity contribution is -0.870. The molecule has 2 N–H and O–H groups in total. The van der Waals surface area contributed by atoms with Gasteiger partial charge in [0.15, 0.2) is 0 Å². The third-order valence-corrected chi connectivity index (χ3v) is 16.6. The van der Waals surface area contributed by atoms with Crippen molar-refractivity contribution in [3.63, 3.8) is 0 Å². The summed E-state index contributed by atoms with van der Waals surface area (Å²) in [6.07, 6.45) is 75.9. The molecule has 0 bridgehead atoms. The number of nitrogens with one attached hydrogen (secondary N) is 1. The maximum atomic E-state index is 13.0. The van der Waals surface area contributed by atoms with E-state index in [9.17, 15) is 19.4 Å². The van der Waals surface area contributed by atoms with Gasteiger partial charge in [0.1, 0.15) is 13.2 Å². The molecule has 0 heterocycles. The zero-order chi connectivity index (χ0) is 55.6. The van der Waals surface area contributed by atoms with Crippen molar-refractivity contribution < 1.29 is 32.9 Å². The number of rotatable bonds is 63. The summed E-state index contributed by atoms with van der Waals surface area (Å²) in [7, 11) is 1.26. The van der Waals surface area contributed by atoms with Crippen LogP contribution in [-0.2, 0) is 18.4 Å². The van der Waals surface area contributed by atoms with E-state index in [1.165, 1.54) is 289 Å². The van der Waals surface area contributed by atoms with Gasteiger partial charge in [0.2, 0.25) is 5.91 Å². The van der Waals surface area contributed by atoms with Crippen LogP contribution < -0.4 is 10.2 Å². The summed E-state index contributed by atoms with van der Waals surface area (Å²) < 4.78 is 23.4. The summed E-state index contributed by atoms with van der Waals surface area (Å²) in [5, 5.41) is 13.9. The van der Waals surface area contributed by atoms with E-state index in [0.29, 0.717) is 17.4 Å². The van der Waals surface area contributed by atoms with Crippen LogP contribution in [0.25, 0.3) is 0 Å². The van der Waals surface area contributed by atoms with E-state index < -0.39 is 20.0 Å². The molecule has 0 fully saturated rings. The molecule has 0 aromatic carbocycles. The molecule has 0 aliphatic heterocycles. The van der Waals surface area contributed by atoms with Crippen LogP contribution in [0, 0.1) is 0 Å². The summed E-state index contributed by atoms with van der Waals surface area (Å²) >= 11 is 0. The monoisotopic (exact) mass is 1090 g/mol. The molecule has 8 nitrogen and oxygen atoms in total. The van der Waals surface area contributed by atoms with E-state index in [-0.39, 0.29) is 19.1 Å². The first-order valence-corrected chi connectivity index (χ1v) is 35.2. The van der Waals surface area contributed by atoms with Crippen molar-refractivity contribution in [2.75, 3.05) is 40.9 Å². The van der Waals surface area contributed by atoms with Gasteiger partial charge in [0.25, 0.3) is 7.82 Å². The third-order valence-electron chi connectivity index (χ3n) is 15.7. The predicted octanol–water partition coefficient (Wildman–Crippen LogP) is 20.5. The van der Waals surface area contributed by atoms with Gasteiger partial charge in [-0.2, -0.15) is 0 Å². The van der Waals surface area contributed by atoms with Gasteiger partial charge in [0.05, 0.1) is 39.9 Å². The minimum atomic E-state index is -4.61. The maximum Gasteiger partial charge on any atom is 0.268 e. The van der Waals surface area contributed by atoms with E-state index in [1.807, 2.05) is 27.2 Å². The third kappa shape index (κ3) is 60.6. The van der Waals surface area contributed by atoms with Crippen LogP contribution in [0.1, 0.15) is 348 Å². The first kappa shape index (κ1) is 75.0. The number of unbranched alkanes of at least 4 members (excludes halogenated alkanes) is 48. The van der Waals surface area contributed by atoms with Crippen molar-refractivity contribution in [2.24, 2.45) is 0 Å². The van der Waals surface area contributed by atoms with Crippen molar-refractivity contribution in [1.82, 2.24) is 5.32 Å². The van der Waals surface area contributed by atoms with Crippen molar-refractivity contribution in [2.45, 2.75) is 360 Å². The van der Waals surface area contributed by atoms with E-state index >= 15 is 0 Å². The number of carbonyl (C=O) groups is 1. The van der Waals surface area contributed by atoms with Gasteiger partial charge in [-0.05, 0) is 32.1 Å². The van der Waals surface area contributed by atoms with Gasteiger partial charge < -0.3 is 28.8 Å². The molecule has 0 radical (unpaired) electrons. The smallest absolute Gasteiger partial charge is 0.268 e. The molecule has 9 heteroatoms. The number of aliphatic hydroxyl groups is 1. The summed E-state index contributed by atoms with van der Waals surface area (Å²) in [6.45, 7) is 4.69. The highest BCUT2D eigenvalue weighted by atomic mass is 31.2. The van der Waals surface area contributed by atoms with Crippen LogP contribution in [0.15, 0.2) is 24.3 Å². The van der Waals surface area contributed by atoms with Crippen LogP contribution in [-0.4, -0.2) is 68.5 Å². The zero-order valence-corrected chi connectivity index (χ0v) is 52.6. The maximum absolute atomic E-state index is 13.0. The molecule has 3 unspecified atom stereocenters. The zero-order valence-electron chi connectivity index (χ0n) is 51.7. The molecule has 0 saturated heterocycles. The molecule has 0 aliphatic rings. The molecular weight excluding hydrogens is 960 g/mol. The fourth-order valence-corrected chi connectivity index (χ4v) is 11.1. The molecule has 0 aromatic heterocycles. The highest BCUT2D eigenvalue weighted by molar-refractivity contribution is 7.45. The Labute approximate surface area is 474 Å². The topological polar surface area (TPSA) is 108 Å². The Hall–Kier alpha value is -1.02. The quantitative estimate of drug-likeness (QED) is 0.0272. The van der Waals surface area contributed by atoms with Crippen LogP contribution in [0.4, 0.5) is 0 Å². The van der Waals surface area contributed by atoms with Crippen LogP contribution in [0.2, 0.25) is 0 Å². The van der Waals surface area contributed by atoms with E-state index in [1.54, 1.807) is 6.08 Å². The standard InChI is InChI=1S/C67H133N2O6P/c1-6-8-10-12-14-16-18-20-22-24-26-28-30-31-32-33-34-35-36-37-38-39-40-42-44-46-48-50-52-54-56-58-60-66(70)65(64-75-76(72,73)74-63-62-69(3,4)5)68-67(71)61-59-57-55-53-51-49-47-45-43-41-29-27-25-23-21-19-17-15-13-11-9-7-2/h50,52,58,60,65-66,70H,6-49,51,53-57,59,61-64H2,1-5H3,(H-,68,71,72,73)/b52-50+,60-58+. The fraction of sp³-hybridized carbons (Fsp3) is 0.925. The van der Waals surface area contributed by atoms with Crippen LogP contribution in [0.3, 0.4) is 0 Å². The van der Waals surface area contributed by atoms with Crippen LogP contribution in [0.5, 0.6) is 0 Å². The number of hydrogen-bond acceptors (Lipinski definition) is 6. The molecule has 0 aliphatic carbocycles. The van der Waals surface area contributed by atoms with Crippen LogP contribution >= 0.6 is 7.82 Å². The highest BCUT2D eigenvalue weighted by Crippen LogP contribution is 2.38. The van der Waals surface area contributed by atoms with Gasteiger partial charge in [-0.15, -0.1) is 0 Å². The lowest BCUT2D eigenvalue weighted by Crippen LogP contribution is -2.45. The molecule has 3 atom stereocenters. The Morgan fingerprint density at radius 3 is 1.07 bits per heavy atom. The number of allylic oxidation sites excluding steroid dienone is 3. The summed E-state index contributed by atoms with van der Waals surface area (Å²) in [6, 6.07) is -0.901. The molecule has 0 spiro atoms. The molecule has 452 valence electrons. The predicted molar refractivity (Wildman–Crippen MR) is 330 cm³/mol. The van der Waals surface area contributed by atoms with Gasteiger partial charge in [-0.25, -0.2) is 0 Å². The molecule has 1 amide bonds. The number of amides is 1. The summed E-state index contributed by atoms with van der Waals surface area (Å²) in [4.78, 5) is 25.6. The number of nitrogens with zero attached hydrogens (tertiary/aromatic N) is 1. The van der Waals surface area contributed by atoms with Crippen molar-refractivity contribution >= 4 is 13.7 Å². The van der Waals surface area contributed by atoms with E-state index in [2.05, 4.69) is 31.3 Å². The lowest BCUT2D eigenvalue weighted by atomic mass is 10.0. The number of phosphoric ester groups is 1. The first-order chi connectivity index (χ1) is 37.0. The van der Waals surface area contributed by atoms with Crippen molar-refractivity contribution in [3.8, 4) is 0 Å². The first-order valence-electron chi connectivity index (χ1n) is 33.7. The van der Waals surface area contributed by atoms with E-state index in [4.69, 9.17) is 9.05 Å². The minimum Gasteiger partial charge on any atom is -0.756 e. The van der Waals surface area contributed by atoms with Gasteiger partial charge in [-0.1, -0.05) is 334 Å². The van der Waals surface area contributed by atoms with Gasteiger partial charge in [-0.3, -0.25) is 9.36 Å². The Morgan fingerprint density at radius 1 is 0.447 bits per heavy atom. The average Bonchev–Trinajstić information content (AvgIpc) is 3.38. The Morgan fingerprint density at radius 2 is 0.737 bits per heavy atom. The Kier molecular flexibility index (Phi) is 57.8. The second-order valence-corrected chi connectivity index (χ2v) is 25.9. The fourth-order valence-electron chi connectivity index (χ4n) is 10.4. The largest absolute Gasteiger partial charge is 0.756 e. The molecular formula is C67H133N2O6P.